The summed E-state index contributed by atoms with van der Waals surface area (Å²) in [5.74, 6) is 0.287. The molecule has 0 saturated heterocycles. The Morgan fingerprint density at radius 1 is 1.40 bits per heavy atom. The molecule has 106 valence electrons. The molecule has 1 aromatic heterocycles. The fourth-order valence-corrected chi connectivity index (χ4v) is 2.80. The Morgan fingerprint density at radius 2 is 2.15 bits per heavy atom. The second-order valence-electron chi connectivity index (χ2n) is 4.81. The standard InChI is InChI=1S/C14H14Cl2N2OS/c1-8(2)5-13(19)18-14-17-12(7-20-14)10-6-9(15)3-4-11(10)16/h3-4,6-8H,5H2,1-2H3,(H,17,18,19). The molecule has 0 aliphatic carbocycles. The molecule has 1 amide bonds. The first-order chi connectivity index (χ1) is 9.45. The third kappa shape index (κ3) is 3.95. The number of nitrogens with one attached hydrogen (secondary N) is 1. The zero-order chi connectivity index (χ0) is 14.7. The van der Waals surface area contributed by atoms with Crippen LogP contribution in [0.3, 0.4) is 0 Å². The molecule has 3 nitrogen and oxygen atoms in total. The van der Waals surface area contributed by atoms with Crippen LogP contribution in [0.2, 0.25) is 10.0 Å². The van der Waals surface area contributed by atoms with E-state index in [1.54, 1.807) is 18.2 Å². The van der Waals surface area contributed by atoms with Crippen LogP contribution < -0.4 is 5.32 Å². The van der Waals surface area contributed by atoms with Crippen LogP contribution in [0.4, 0.5) is 5.13 Å². The number of rotatable bonds is 4. The summed E-state index contributed by atoms with van der Waals surface area (Å²) in [6, 6.07) is 5.22. The van der Waals surface area contributed by atoms with Gasteiger partial charge in [0.1, 0.15) is 0 Å². The molecule has 1 N–H and O–H groups in total. The summed E-state index contributed by atoms with van der Waals surface area (Å²) in [7, 11) is 0. The molecule has 0 bridgehead atoms. The first-order valence-electron chi connectivity index (χ1n) is 6.16. The van der Waals surface area contributed by atoms with Gasteiger partial charge in [-0.2, -0.15) is 0 Å². The summed E-state index contributed by atoms with van der Waals surface area (Å²) < 4.78 is 0. The highest BCUT2D eigenvalue weighted by molar-refractivity contribution is 7.14. The highest BCUT2D eigenvalue weighted by atomic mass is 35.5. The third-order valence-corrected chi connectivity index (χ3v) is 3.87. The predicted octanol–water partition coefficient (Wildman–Crippen LogP) is 5.10. The lowest BCUT2D eigenvalue weighted by molar-refractivity contribution is -0.116. The van der Waals surface area contributed by atoms with Crippen LogP contribution in [0.25, 0.3) is 11.3 Å². The number of aromatic nitrogens is 1. The van der Waals surface area contributed by atoms with Crippen molar-refractivity contribution in [2.24, 2.45) is 5.92 Å². The van der Waals surface area contributed by atoms with E-state index in [1.165, 1.54) is 11.3 Å². The summed E-state index contributed by atoms with van der Waals surface area (Å²) >= 11 is 13.5. The van der Waals surface area contributed by atoms with Gasteiger partial charge in [0.2, 0.25) is 5.91 Å². The van der Waals surface area contributed by atoms with Gasteiger partial charge in [-0.3, -0.25) is 4.79 Å². The third-order valence-electron chi connectivity index (χ3n) is 2.55. The van der Waals surface area contributed by atoms with Crippen molar-refractivity contribution in [1.82, 2.24) is 4.98 Å². The van der Waals surface area contributed by atoms with Gasteiger partial charge in [0, 0.05) is 22.4 Å². The van der Waals surface area contributed by atoms with Crippen molar-refractivity contribution in [2.75, 3.05) is 5.32 Å². The maximum Gasteiger partial charge on any atom is 0.226 e. The van der Waals surface area contributed by atoms with E-state index in [1.807, 2.05) is 19.2 Å². The second kappa shape index (κ2) is 6.57. The van der Waals surface area contributed by atoms with Gasteiger partial charge < -0.3 is 5.32 Å². The van der Waals surface area contributed by atoms with Crippen LogP contribution in [0.5, 0.6) is 0 Å². The van der Waals surface area contributed by atoms with Crippen molar-refractivity contribution >= 4 is 45.6 Å². The molecule has 1 aromatic carbocycles. The number of thiazole rings is 1. The van der Waals surface area contributed by atoms with Gasteiger partial charge in [-0.05, 0) is 24.1 Å². The number of halogens is 2. The first-order valence-corrected chi connectivity index (χ1v) is 7.80. The van der Waals surface area contributed by atoms with Crippen LogP contribution in [-0.4, -0.2) is 10.9 Å². The number of carbonyl (C=O) groups is 1. The number of amides is 1. The van der Waals surface area contributed by atoms with E-state index in [4.69, 9.17) is 23.2 Å². The number of nitrogens with zero attached hydrogens (tertiary/aromatic N) is 1. The average molecular weight is 329 g/mol. The SMILES string of the molecule is CC(C)CC(=O)Nc1nc(-c2cc(Cl)ccc2Cl)cs1. The minimum absolute atomic E-state index is 0.0295. The molecule has 0 aliphatic rings. The molecule has 0 unspecified atom stereocenters. The minimum atomic E-state index is -0.0295. The van der Waals surface area contributed by atoms with E-state index in [9.17, 15) is 4.79 Å². The summed E-state index contributed by atoms with van der Waals surface area (Å²) in [6.07, 6.45) is 0.479. The summed E-state index contributed by atoms with van der Waals surface area (Å²) in [4.78, 5) is 16.1. The number of benzene rings is 1. The van der Waals surface area contributed by atoms with E-state index in [0.717, 1.165) is 5.56 Å². The lowest BCUT2D eigenvalue weighted by atomic mass is 10.1. The van der Waals surface area contributed by atoms with Gasteiger partial charge in [0.15, 0.2) is 5.13 Å². The molecular weight excluding hydrogens is 315 g/mol. The van der Waals surface area contributed by atoms with Crippen molar-refractivity contribution in [1.29, 1.82) is 0 Å². The zero-order valence-electron chi connectivity index (χ0n) is 11.1. The minimum Gasteiger partial charge on any atom is -0.302 e. The molecule has 0 fully saturated rings. The molecule has 2 aromatic rings. The first kappa shape index (κ1) is 15.3. The number of hydrogen-bond acceptors (Lipinski definition) is 3. The monoisotopic (exact) mass is 328 g/mol. The fourth-order valence-electron chi connectivity index (χ4n) is 1.69. The number of carbonyl (C=O) groups excluding carboxylic acids is 1. The van der Waals surface area contributed by atoms with Crippen molar-refractivity contribution in [3.63, 3.8) is 0 Å². The summed E-state index contributed by atoms with van der Waals surface area (Å²) in [5, 5.41) is 6.39. The smallest absolute Gasteiger partial charge is 0.226 e. The summed E-state index contributed by atoms with van der Waals surface area (Å²) in [5.41, 5.74) is 1.47. The van der Waals surface area contributed by atoms with Crippen LogP contribution in [0, 0.1) is 5.92 Å². The van der Waals surface area contributed by atoms with Crippen LogP contribution >= 0.6 is 34.5 Å². The highest BCUT2D eigenvalue weighted by Gasteiger charge is 2.11. The Morgan fingerprint density at radius 3 is 2.85 bits per heavy atom. The van der Waals surface area contributed by atoms with Gasteiger partial charge in [-0.25, -0.2) is 4.98 Å². The maximum absolute atomic E-state index is 11.7. The van der Waals surface area contributed by atoms with E-state index in [2.05, 4.69) is 10.3 Å². The Balaban J connectivity index is 2.16. The number of anilines is 1. The van der Waals surface area contributed by atoms with Crippen LogP contribution in [-0.2, 0) is 4.79 Å². The van der Waals surface area contributed by atoms with Gasteiger partial charge >= 0.3 is 0 Å². The molecule has 0 spiro atoms. The Bertz CT molecular complexity index is 625. The van der Waals surface area contributed by atoms with E-state index >= 15 is 0 Å². The van der Waals surface area contributed by atoms with E-state index in [-0.39, 0.29) is 5.91 Å². The van der Waals surface area contributed by atoms with Crippen molar-refractivity contribution in [3.05, 3.63) is 33.6 Å². The van der Waals surface area contributed by atoms with Gasteiger partial charge in [-0.15, -0.1) is 11.3 Å². The van der Waals surface area contributed by atoms with Crippen molar-refractivity contribution < 1.29 is 4.79 Å². The molecule has 0 saturated carbocycles. The lowest BCUT2D eigenvalue weighted by Crippen LogP contribution is -2.13. The van der Waals surface area contributed by atoms with Gasteiger partial charge in [0.25, 0.3) is 0 Å². The largest absolute Gasteiger partial charge is 0.302 e. The van der Waals surface area contributed by atoms with Crippen LogP contribution in [0.15, 0.2) is 23.6 Å². The Labute approximate surface area is 131 Å². The second-order valence-corrected chi connectivity index (χ2v) is 6.51. The van der Waals surface area contributed by atoms with E-state index < -0.39 is 0 Å². The predicted molar refractivity (Wildman–Crippen MR) is 85.7 cm³/mol. The van der Waals surface area contributed by atoms with Crippen LogP contribution in [0.1, 0.15) is 20.3 Å². The highest BCUT2D eigenvalue weighted by Crippen LogP contribution is 2.32. The molecule has 2 rings (SSSR count). The van der Waals surface area contributed by atoms with E-state index in [0.29, 0.717) is 33.2 Å². The molecule has 1 heterocycles. The zero-order valence-corrected chi connectivity index (χ0v) is 13.4. The lowest BCUT2D eigenvalue weighted by Gasteiger charge is -2.04. The van der Waals surface area contributed by atoms with Gasteiger partial charge in [0.05, 0.1) is 10.7 Å². The molecule has 6 heteroatoms. The molecule has 0 aliphatic heterocycles. The molecule has 0 atom stereocenters. The Hall–Kier alpha value is -1.10. The molecule has 20 heavy (non-hydrogen) atoms. The normalized spacial score (nSPS) is 10.8. The number of hydrogen-bond donors (Lipinski definition) is 1. The topological polar surface area (TPSA) is 42.0 Å². The fraction of sp³-hybridized carbons (Fsp3) is 0.286. The van der Waals surface area contributed by atoms with Crippen molar-refractivity contribution in [2.45, 2.75) is 20.3 Å². The van der Waals surface area contributed by atoms with Gasteiger partial charge in [-0.1, -0.05) is 37.0 Å². The maximum atomic E-state index is 11.7. The molecule has 0 radical (unpaired) electrons. The quantitative estimate of drug-likeness (QED) is 0.848. The molecular formula is C14H14Cl2N2OS. The average Bonchev–Trinajstić information content (AvgIpc) is 2.79. The summed E-state index contributed by atoms with van der Waals surface area (Å²) in [6.45, 7) is 4.00. The van der Waals surface area contributed by atoms with Crippen molar-refractivity contribution in [3.8, 4) is 11.3 Å². The Kier molecular flexibility index (Phi) is 5.02.